The van der Waals surface area contributed by atoms with Gasteiger partial charge in [0.25, 0.3) is 10.2 Å². The molecule has 0 aromatic heterocycles. The van der Waals surface area contributed by atoms with Crippen LogP contribution in [0.25, 0.3) is 0 Å². The fourth-order valence-electron chi connectivity index (χ4n) is 4.00. The molecule has 24 heavy (non-hydrogen) atoms. The summed E-state index contributed by atoms with van der Waals surface area (Å²) in [6.07, 6.45) is 6.60. The van der Waals surface area contributed by atoms with Crippen molar-refractivity contribution in [3.8, 4) is 0 Å². The largest absolute Gasteiger partial charge is 0.334 e. The van der Waals surface area contributed by atoms with E-state index < -0.39 is 10.2 Å². The zero-order chi connectivity index (χ0) is 18.0. The Balaban J connectivity index is 2.11. The van der Waals surface area contributed by atoms with Crippen molar-refractivity contribution in [2.45, 2.75) is 57.0 Å². The lowest BCUT2D eigenvalue weighted by molar-refractivity contribution is -0.135. The van der Waals surface area contributed by atoms with Crippen molar-refractivity contribution in [1.29, 1.82) is 0 Å². The van der Waals surface area contributed by atoms with Crippen LogP contribution in [-0.4, -0.2) is 80.8 Å². The van der Waals surface area contributed by atoms with Crippen LogP contribution in [0.4, 0.5) is 0 Å². The molecule has 140 valence electrons. The van der Waals surface area contributed by atoms with E-state index in [0.717, 1.165) is 43.0 Å². The molecule has 1 saturated carbocycles. The summed E-state index contributed by atoms with van der Waals surface area (Å²) >= 11 is 0. The summed E-state index contributed by atoms with van der Waals surface area (Å²) in [5.41, 5.74) is -0.0764. The van der Waals surface area contributed by atoms with E-state index in [4.69, 9.17) is 0 Å². The van der Waals surface area contributed by atoms with Crippen LogP contribution in [0.1, 0.15) is 45.4 Å². The molecule has 0 radical (unpaired) electrons. The molecule has 7 nitrogen and oxygen atoms in total. The van der Waals surface area contributed by atoms with Crippen LogP contribution < -0.4 is 4.72 Å². The number of carbonyl (C=O) groups excluding carboxylic acids is 1. The number of carbonyl (C=O) groups is 1. The van der Waals surface area contributed by atoms with Crippen LogP contribution in [0.3, 0.4) is 0 Å². The van der Waals surface area contributed by atoms with Crippen LogP contribution in [0.2, 0.25) is 0 Å². The van der Waals surface area contributed by atoms with Crippen molar-refractivity contribution in [2.75, 3.05) is 40.8 Å². The van der Waals surface area contributed by atoms with Gasteiger partial charge in [0.05, 0.1) is 6.54 Å². The standard InChI is InChI=1S/C16H32N4O3S/c1-5-19(4)14-11-16(9-7-6-8-10-16)20(13-14)15(21)12-17-24(22,23)18(2)3/h14,17H,5-13H2,1-4H3. The SMILES string of the molecule is CCN(C)C1CN(C(=O)CNS(=O)(=O)N(C)C)C2(CCCCC2)C1. The highest BCUT2D eigenvalue weighted by Crippen LogP contribution is 2.42. The summed E-state index contributed by atoms with van der Waals surface area (Å²) in [6, 6.07) is 0.363. The van der Waals surface area contributed by atoms with Gasteiger partial charge in [-0.05, 0) is 32.9 Å². The average Bonchev–Trinajstić information content (AvgIpc) is 2.91. The highest BCUT2D eigenvalue weighted by molar-refractivity contribution is 7.87. The van der Waals surface area contributed by atoms with E-state index in [2.05, 4.69) is 23.6 Å². The molecule has 1 unspecified atom stereocenters. The smallest absolute Gasteiger partial charge is 0.279 e. The lowest BCUT2D eigenvalue weighted by Gasteiger charge is -2.41. The fourth-order valence-corrected chi connectivity index (χ4v) is 4.56. The molecular formula is C16H32N4O3S. The lowest BCUT2D eigenvalue weighted by atomic mass is 9.79. The minimum absolute atomic E-state index is 0.0764. The summed E-state index contributed by atoms with van der Waals surface area (Å²) in [4.78, 5) is 17.1. The van der Waals surface area contributed by atoms with Gasteiger partial charge in [0, 0.05) is 32.2 Å². The highest BCUT2D eigenvalue weighted by Gasteiger charge is 2.48. The van der Waals surface area contributed by atoms with Gasteiger partial charge in [0.2, 0.25) is 5.91 Å². The first-order valence-electron chi connectivity index (χ1n) is 8.90. The number of nitrogens with one attached hydrogen (secondary N) is 1. The molecule has 1 amide bonds. The Bertz CT molecular complexity index is 544. The zero-order valence-corrected chi connectivity index (χ0v) is 16.2. The minimum Gasteiger partial charge on any atom is -0.334 e. The zero-order valence-electron chi connectivity index (χ0n) is 15.4. The van der Waals surface area contributed by atoms with E-state index in [1.54, 1.807) is 0 Å². The maximum Gasteiger partial charge on any atom is 0.279 e. The summed E-state index contributed by atoms with van der Waals surface area (Å²) in [7, 11) is 1.44. The molecule has 0 bridgehead atoms. The van der Waals surface area contributed by atoms with Crippen molar-refractivity contribution in [2.24, 2.45) is 0 Å². The molecule has 1 aliphatic heterocycles. The van der Waals surface area contributed by atoms with Crippen molar-refractivity contribution < 1.29 is 13.2 Å². The van der Waals surface area contributed by atoms with E-state index in [-0.39, 0.29) is 18.0 Å². The maximum atomic E-state index is 12.8. The molecule has 2 fully saturated rings. The second kappa shape index (κ2) is 7.68. The quantitative estimate of drug-likeness (QED) is 0.754. The molecule has 0 aromatic rings. The minimum atomic E-state index is -3.57. The molecule has 1 N–H and O–H groups in total. The summed E-state index contributed by atoms with van der Waals surface area (Å²) in [5, 5.41) is 0. The third kappa shape index (κ3) is 4.09. The van der Waals surface area contributed by atoms with Gasteiger partial charge >= 0.3 is 0 Å². The number of rotatable bonds is 6. The van der Waals surface area contributed by atoms with Gasteiger partial charge in [0.1, 0.15) is 0 Å². The van der Waals surface area contributed by atoms with Gasteiger partial charge in [-0.3, -0.25) is 4.79 Å². The monoisotopic (exact) mass is 360 g/mol. The molecular weight excluding hydrogens is 328 g/mol. The molecule has 8 heteroatoms. The predicted octanol–water partition coefficient (Wildman–Crippen LogP) is 0.638. The van der Waals surface area contributed by atoms with Crippen LogP contribution in [0, 0.1) is 0 Å². The number of amides is 1. The molecule has 2 rings (SSSR count). The molecule has 1 saturated heterocycles. The highest BCUT2D eigenvalue weighted by atomic mass is 32.2. The second-order valence-electron chi connectivity index (χ2n) is 7.33. The van der Waals surface area contributed by atoms with Gasteiger partial charge in [-0.1, -0.05) is 26.2 Å². The average molecular weight is 361 g/mol. The maximum absolute atomic E-state index is 12.8. The Labute approximate surface area is 146 Å². The Morgan fingerprint density at radius 3 is 2.38 bits per heavy atom. The van der Waals surface area contributed by atoms with E-state index in [9.17, 15) is 13.2 Å². The molecule has 1 aliphatic carbocycles. The summed E-state index contributed by atoms with van der Waals surface area (Å²) in [6.45, 7) is 3.62. The first-order chi connectivity index (χ1) is 11.2. The van der Waals surface area contributed by atoms with Crippen molar-refractivity contribution in [1.82, 2.24) is 18.8 Å². The Morgan fingerprint density at radius 2 is 1.83 bits per heavy atom. The van der Waals surface area contributed by atoms with Crippen LogP contribution in [0.15, 0.2) is 0 Å². The predicted molar refractivity (Wildman–Crippen MR) is 94.8 cm³/mol. The Morgan fingerprint density at radius 1 is 1.21 bits per heavy atom. The van der Waals surface area contributed by atoms with Gasteiger partial charge in [-0.25, -0.2) is 0 Å². The van der Waals surface area contributed by atoms with Crippen molar-refractivity contribution in [3.63, 3.8) is 0 Å². The van der Waals surface area contributed by atoms with E-state index in [0.29, 0.717) is 12.6 Å². The van der Waals surface area contributed by atoms with E-state index >= 15 is 0 Å². The van der Waals surface area contributed by atoms with Gasteiger partial charge in [-0.2, -0.15) is 17.4 Å². The number of likely N-dealkylation sites (N-methyl/N-ethyl adjacent to an activating group) is 1. The normalized spacial score (nSPS) is 24.2. The first kappa shape index (κ1) is 19.6. The van der Waals surface area contributed by atoms with Crippen LogP contribution in [-0.2, 0) is 15.0 Å². The molecule has 1 spiro atoms. The van der Waals surface area contributed by atoms with E-state index in [1.165, 1.54) is 20.5 Å². The molecule has 1 heterocycles. The fraction of sp³-hybridized carbons (Fsp3) is 0.938. The topological polar surface area (TPSA) is 73.0 Å². The van der Waals surface area contributed by atoms with Gasteiger partial charge < -0.3 is 9.80 Å². The molecule has 1 atom stereocenters. The molecule has 0 aromatic carbocycles. The number of hydrogen-bond donors (Lipinski definition) is 1. The molecule has 2 aliphatic rings. The van der Waals surface area contributed by atoms with Crippen molar-refractivity contribution in [3.05, 3.63) is 0 Å². The van der Waals surface area contributed by atoms with E-state index in [1.807, 2.05) is 4.90 Å². The number of nitrogens with zero attached hydrogens (tertiary/aromatic N) is 3. The first-order valence-corrected chi connectivity index (χ1v) is 10.3. The van der Waals surface area contributed by atoms with Gasteiger partial charge in [0.15, 0.2) is 0 Å². The van der Waals surface area contributed by atoms with Crippen LogP contribution in [0.5, 0.6) is 0 Å². The number of likely N-dealkylation sites (tertiary alicyclic amines) is 1. The van der Waals surface area contributed by atoms with Crippen LogP contribution >= 0.6 is 0 Å². The second-order valence-corrected chi connectivity index (χ2v) is 9.30. The number of hydrogen-bond acceptors (Lipinski definition) is 4. The van der Waals surface area contributed by atoms with Crippen molar-refractivity contribution >= 4 is 16.1 Å². The van der Waals surface area contributed by atoms with Gasteiger partial charge in [-0.15, -0.1) is 0 Å². The summed E-state index contributed by atoms with van der Waals surface area (Å²) in [5.74, 6) is -0.102. The summed E-state index contributed by atoms with van der Waals surface area (Å²) < 4.78 is 27.2. The third-order valence-electron chi connectivity index (χ3n) is 5.68. The lowest BCUT2D eigenvalue weighted by Crippen LogP contribution is -2.52. The third-order valence-corrected chi connectivity index (χ3v) is 7.15. The Kier molecular flexibility index (Phi) is 6.28. The Hall–Kier alpha value is -0.700.